The Bertz CT molecular complexity index is 471. The number of carbonyl (C=O) groups excluding carboxylic acids is 1. The number of hydrogen-bond acceptors (Lipinski definition) is 2. The van der Waals surface area contributed by atoms with Crippen molar-refractivity contribution in [3.8, 4) is 0 Å². The average Bonchev–Trinajstić information content (AvgIpc) is 2.46. The van der Waals surface area contributed by atoms with Crippen molar-refractivity contribution >= 4 is 29.1 Å². The van der Waals surface area contributed by atoms with Crippen molar-refractivity contribution < 1.29 is 4.79 Å². The molecule has 0 aliphatic carbocycles. The number of aryl methyl sites for hydroxylation is 1. The minimum atomic E-state index is 0.213. The van der Waals surface area contributed by atoms with Crippen LogP contribution in [-0.2, 0) is 11.2 Å². The number of likely N-dealkylation sites (tertiary alicyclic amines) is 1. The molecule has 2 rings (SSSR count). The lowest BCUT2D eigenvalue weighted by molar-refractivity contribution is -0.132. The van der Waals surface area contributed by atoms with Crippen LogP contribution in [0.15, 0.2) is 18.2 Å². The molecule has 0 unspecified atom stereocenters. The van der Waals surface area contributed by atoms with E-state index < -0.39 is 0 Å². The molecule has 1 aromatic rings. The van der Waals surface area contributed by atoms with Gasteiger partial charge < -0.3 is 10.2 Å². The maximum atomic E-state index is 12.2. The molecule has 0 atom stereocenters. The Kier molecular flexibility index (Phi) is 5.70. The third kappa shape index (κ3) is 4.11. The van der Waals surface area contributed by atoms with Crippen LogP contribution in [0.3, 0.4) is 0 Å². The molecular formula is C15H20Cl2N2O. The SMILES string of the molecule is CNC1CCN(C(=O)CCc2ccc(Cl)cc2Cl)CC1. The van der Waals surface area contributed by atoms with Crippen LogP contribution < -0.4 is 5.32 Å². The molecule has 0 bridgehead atoms. The number of nitrogens with zero attached hydrogens (tertiary/aromatic N) is 1. The van der Waals surface area contributed by atoms with E-state index in [0.29, 0.717) is 28.9 Å². The lowest BCUT2D eigenvalue weighted by Crippen LogP contribution is -2.44. The first-order chi connectivity index (χ1) is 9.60. The number of carbonyl (C=O) groups is 1. The van der Waals surface area contributed by atoms with Crippen LogP contribution in [0.2, 0.25) is 10.0 Å². The first-order valence-electron chi connectivity index (χ1n) is 6.99. The third-order valence-corrected chi connectivity index (χ3v) is 4.47. The smallest absolute Gasteiger partial charge is 0.222 e. The zero-order chi connectivity index (χ0) is 14.5. The van der Waals surface area contributed by atoms with Crippen molar-refractivity contribution in [2.75, 3.05) is 20.1 Å². The average molecular weight is 315 g/mol. The van der Waals surface area contributed by atoms with Gasteiger partial charge in [0.15, 0.2) is 0 Å². The highest BCUT2D eigenvalue weighted by Crippen LogP contribution is 2.22. The Morgan fingerprint density at radius 3 is 2.65 bits per heavy atom. The van der Waals surface area contributed by atoms with Crippen molar-refractivity contribution in [3.63, 3.8) is 0 Å². The number of piperidine rings is 1. The highest BCUT2D eigenvalue weighted by molar-refractivity contribution is 6.35. The second-order valence-electron chi connectivity index (χ2n) is 5.18. The fourth-order valence-corrected chi connectivity index (χ4v) is 3.04. The van der Waals surface area contributed by atoms with Crippen molar-refractivity contribution in [1.29, 1.82) is 0 Å². The van der Waals surface area contributed by atoms with Gasteiger partial charge in [0, 0.05) is 35.6 Å². The molecule has 1 heterocycles. The van der Waals surface area contributed by atoms with Crippen molar-refractivity contribution in [2.24, 2.45) is 0 Å². The van der Waals surface area contributed by atoms with Gasteiger partial charge in [-0.3, -0.25) is 4.79 Å². The van der Waals surface area contributed by atoms with Gasteiger partial charge in [0.25, 0.3) is 0 Å². The number of amides is 1. The van der Waals surface area contributed by atoms with Gasteiger partial charge >= 0.3 is 0 Å². The Labute approximate surface area is 130 Å². The summed E-state index contributed by atoms with van der Waals surface area (Å²) >= 11 is 12.0. The van der Waals surface area contributed by atoms with Crippen LogP contribution in [0, 0.1) is 0 Å². The van der Waals surface area contributed by atoms with E-state index in [1.807, 2.05) is 24.1 Å². The van der Waals surface area contributed by atoms with Gasteiger partial charge in [-0.2, -0.15) is 0 Å². The summed E-state index contributed by atoms with van der Waals surface area (Å²) in [5, 5.41) is 4.53. The van der Waals surface area contributed by atoms with E-state index in [-0.39, 0.29) is 5.91 Å². The van der Waals surface area contributed by atoms with Crippen LogP contribution in [0.4, 0.5) is 0 Å². The van der Waals surface area contributed by atoms with E-state index in [1.165, 1.54) is 0 Å². The molecule has 1 N–H and O–H groups in total. The van der Waals surface area contributed by atoms with E-state index in [1.54, 1.807) is 6.07 Å². The Balaban J connectivity index is 1.83. The highest BCUT2D eigenvalue weighted by atomic mass is 35.5. The summed E-state index contributed by atoms with van der Waals surface area (Å²) in [5.74, 6) is 0.213. The van der Waals surface area contributed by atoms with E-state index in [4.69, 9.17) is 23.2 Å². The van der Waals surface area contributed by atoms with E-state index >= 15 is 0 Å². The van der Waals surface area contributed by atoms with Gasteiger partial charge in [-0.15, -0.1) is 0 Å². The lowest BCUT2D eigenvalue weighted by Gasteiger charge is -2.31. The quantitative estimate of drug-likeness (QED) is 0.926. The van der Waals surface area contributed by atoms with Crippen molar-refractivity contribution in [2.45, 2.75) is 31.7 Å². The summed E-state index contributed by atoms with van der Waals surface area (Å²) in [6.45, 7) is 1.69. The van der Waals surface area contributed by atoms with Crippen molar-refractivity contribution in [1.82, 2.24) is 10.2 Å². The molecule has 1 aromatic carbocycles. The summed E-state index contributed by atoms with van der Waals surface area (Å²) in [4.78, 5) is 14.1. The second kappa shape index (κ2) is 7.30. The van der Waals surface area contributed by atoms with Gasteiger partial charge in [0.2, 0.25) is 5.91 Å². The summed E-state index contributed by atoms with van der Waals surface area (Å²) in [7, 11) is 1.98. The summed E-state index contributed by atoms with van der Waals surface area (Å²) in [5.41, 5.74) is 0.981. The molecule has 0 saturated carbocycles. The minimum Gasteiger partial charge on any atom is -0.343 e. The highest BCUT2D eigenvalue weighted by Gasteiger charge is 2.21. The molecule has 1 fully saturated rings. The molecule has 0 aromatic heterocycles. The number of halogens is 2. The molecule has 1 aliphatic rings. The molecule has 110 valence electrons. The van der Waals surface area contributed by atoms with Crippen LogP contribution in [0.1, 0.15) is 24.8 Å². The summed E-state index contributed by atoms with van der Waals surface area (Å²) in [6.07, 6.45) is 3.24. The molecule has 3 nitrogen and oxygen atoms in total. The summed E-state index contributed by atoms with van der Waals surface area (Å²) < 4.78 is 0. The number of benzene rings is 1. The fourth-order valence-electron chi connectivity index (χ4n) is 2.54. The minimum absolute atomic E-state index is 0.213. The number of hydrogen-bond donors (Lipinski definition) is 1. The molecular weight excluding hydrogens is 295 g/mol. The third-order valence-electron chi connectivity index (χ3n) is 3.88. The molecule has 0 radical (unpaired) electrons. The Morgan fingerprint density at radius 1 is 1.35 bits per heavy atom. The second-order valence-corrected chi connectivity index (χ2v) is 6.02. The molecule has 20 heavy (non-hydrogen) atoms. The van der Waals surface area contributed by atoms with Crippen LogP contribution >= 0.6 is 23.2 Å². The fraction of sp³-hybridized carbons (Fsp3) is 0.533. The zero-order valence-corrected chi connectivity index (χ0v) is 13.2. The molecule has 0 spiro atoms. The normalized spacial score (nSPS) is 16.4. The molecule has 1 saturated heterocycles. The zero-order valence-electron chi connectivity index (χ0n) is 11.7. The van der Waals surface area contributed by atoms with Crippen LogP contribution in [-0.4, -0.2) is 37.0 Å². The standard InChI is InChI=1S/C15H20Cl2N2O/c1-18-13-6-8-19(9-7-13)15(20)5-3-11-2-4-12(16)10-14(11)17/h2,4,10,13,18H,3,5-9H2,1H3. The first kappa shape index (κ1) is 15.6. The largest absolute Gasteiger partial charge is 0.343 e. The maximum absolute atomic E-state index is 12.2. The van der Waals surface area contributed by atoms with Crippen molar-refractivity contribution in [3.05, 3.63) is 33.8 Å². The monoisotopic (exact) mass is 314 g/mol. The van der Waals surface area contributed by atoms with Gasteiger partial charge in [-0.05, 0) is 44.0 Å². The van der Waals surface area contributed by atoms with Crippen LogP contribution in [0.25, 0.3) is 0 Å². The Hall–Kier alpha value is -0.770. The van der Waals surface area contributed by atoms with Crippen LogP contribution in [0.5, 0.6) is 0 Å². The topological polar surface area (TPSA) is 32.3 Å². The van der Waals surface area contributed by atoms with Gasteiger partial charge in [0.1, 0.15) is 0 Å². The predicted octanol–water partition coefficient (Wildman–Crippen LogP) is 3.14. The molecule has 1 amide bonds. The molecule has 1 aliphatic heterocycles. The summed E-state index contributed by atoms with van der Waals surface area (Å²) in [6, 6.07) is 5.97. The van der Waals surface area contributed by atoms with E-state index in [0.717, 1.165) is 31.5 Å². The Morgan fingerprint density at radius 2 is 2.05 bits per heavy atom. The number of rotatable bonds is 4. The van der Waals surface area contributed by atoms with Gasteiger partial charge in [-0.1, -0.05) is 29.3 Å². The predicted molar refractivity (Wildman–Crippen MR) is 83.4 cm³/mol. The lowest BCUT2D eigenvalue weighted by atomic mass is 10.0. The molecule has 5 heteroatoms. The van der Waals surface area contributed by atoms with E-state index in [2.05, 4.69) is 5.32 Å². The number of nitrogens with one attached hydrogen (secondary N) is 1. The van der Waals surface area contributed by atoms with E-state index in [9.17, 15) is 4.79 Å². The van der Waals surface area contributed by atoms with Gasteiger partial charge in [-0.25, -0.2) is 0 Å². The van der Waals surface area contributed by atoms with Gasteiger partial charge in [0.05, 0.1) is 0 Å². The first-order valence-corrected chi connectivity index (χ1v) is 7.74. The maximum Gasteiger partial charge on any atom is 0.222 e.